The summed E-state index contributed by atoms with van der Waals surface area (Å²) in [6.45, 7) is 6.66. The van der Waals surface area contributed by atoms with Crippen molar-refractivity contribution in [2.75, 3.05) is 37.6 Å². The second-order valence-electron chi connectivity index (χ2n) is 8.51. The zero-order valence-electron chi connectivity index (χ0n) is 19.7. The van der Waals surface area contributed by atoms with Crippen LogP contribution >= 0.6 is 21.0 Å². The number of aromatic nitrogens is 2. The number of nitrogens with zero attached hydrogens (tertiary/aromatic N) is 5. The first-order valence-electron chi connectivity index (χ1n) is 11.7. The summed E-state index contributed by atoms with van der Waals surface area (Å²) in [5.74, 6) is 0.540. The van der Waals surface area contributed by atoms with E-state index >= 15 is 0 Å². The van der Waals surface area contributed by atoms with Gasteiger partial charge in [0.15, 0.2) is 0 Å². The molecule has 2 aliphatic rings. The zero-order valence-corrected chi connectivity index (χ0v) is 21.9. The molecule has 0 aliphatic carbocycles. The maximum absolute atomic E-state index is 13.8. The van der Waals surface area contributed by atoms with E-state index in [1.165, 1.54) is 9.58 Å². The SMILES string of the molecule is CCc1nnc(N2CCN(C(=O)CN3I=C(c4ccc(F)c(C)c4)C=C3c3ccccc3)CC2)o1. The third kappa shape index (κ3) is 5.14. The average molecular weight is 587 g/mol. The minimum absolute atomic E-state index is 0.113. The topological polar surface area (TPSA) is 65.7 Å². The number of hydrogen-bond acceptors (Lipinski definition) is 6. The Hall–Kier alpha value is -3.08. The predicted molar refractivity (Wildman–Crippen MR) is 143 cm³/mol. The number of carbonyl (C=O) groups is 1. The Kier molecular flexibility index (Phi) is 6.94. The zero-order chi connectivity index (χ0) is 24.4. The van der Waals surface area contributed by atoms with Gasteiger partial charge in [0.1, 0.15) is 12.4 Å². The highest BCUT2D eigenvalue weighted by atomic mass is 127. The van der Waals surface area contributed by atoms with E-state index < -0.39 is 21.0 Å². The van der Waals surface area contributed by atoms with E-state index in [1.54, 1.807) is 6.92 Å². The number of benzene rings is 2. The summed E-state index contributed by atoms with van der Waals surface area (Å²) >= 11 is -0.614. The Labute approximate surface area is 214 Å². The van der Waals surface area contributed by atoms with Crippen LogP contribution in [0.15, 0.2) is 59.0 Å². The molecule has 0 N–H and O–H groups in total. The molecule has 3 aromatic rings. The lowest BCUT2D eigenvalue weighted by Gasteiger charge is -2.34. The van der Waals surface area contributed by atoms with Gasteiger partial charge < -0.3 is 17.3 Å². The van der Waals surface area contributed by atoms with E-state index in [2.05, 4.69) is 31.5 Å². The molecule has 0 saturated carbocycles. The highest BCUT2D eigenvalue weighted by Gasteiger charge is 2.28. The van der Waals surface area contributed by atoms with Gasteiger partial charge in [-0.3, -0.25) is 4.79 Å². The van der Waals surface area contributed by atoms with Crippen LogP contribution < -0.4 is 4.90 Å². The normalized spacial score (nSPS) is 16.1. The van der Waals surface area contributed by atoms with Gasteiger partial charge in [-0.1, -0.05) is 48.4 Å². The molecule has 3 heterocycles. The lowest BCUT2D eigenvalue weighted by Crippen LogP contribution is -2.50. The minimum Gasteiger partial charge on any atom is -0.408 e. The van der Waals surface area contributed by atoms with Gasteiger partial charge in [0.25, 0.3) is 0 Å². The van der Waals surface area contributed by atoms with Crippen molar-refractivity contribution in [3.8, 4) is 0 Å². The van der Waals surface area contributed by atoms with Crippen molar-refractivity contribution < 1.29 is 13.6 Å². The van der Waals surface area contributed by atoms with Crippen LogP contribution in [-0.4, -0.2) is 60.4 Å². The Morgan fingerprint density at radius 2 is 1.83 bits per heavy atom. The van der Waals surface area contributed by atoms with Crippen LogP contribution in [0, 0.1) is 12.7 Å². The number of allylic oxidation sites excluding steroid dienone is 1. The second kappa shape index (κ2) is 10.3. The van der Waals surface area contributed by atoms with Crippen molar-refractivity contribution in [3.63, 3.8) is 0 Å². The Morgan fingerprint density at radius 3 is 2.51 bits per heavy atom. The third-order valence-corrected chi connectivity index (χ3v) is 9.05. The Balaban J connectivity index is 1.31. The lowest BCUT2D eigenvalue weighted by molar-refractivity contribution is -0.131. The smallest absolute Gasteiger partial charge is 0.318 e. The van der Waals surface area contributed by atoms with Crippen LogP contribution in [0.3, 0.4) is 0 Å². The lowest BCUT2D eigenvalue weighted by atomic mass is 10.1. The summed E-state index contributed by atoms with van der Waals surface area (Å²) in [4.78, 5) is 17.3. The molecule has 1 amide bonds. The summed E-state index contributed by atoms with van der Waals surface area (Å²) in [7, 11) is 0. The molecule has 9 heteroatoms. The van der Waals surface area contributed by atoms with E-state index in [0.717, 1.165) is 16.8 Å². The summed E-state index contributed by atoms with van der Waals surface area (Å²) in [5.41, 5.74) is 3.80. The predicted octanol–water partition coefficient (Wildman–Crippen LogP) is 4.19. The standard InChI is InChI=1S/C26H27FIN5O2/c1-3-24-29-30-26(35-24)32-13-11-31(12-14-32)25(34)17-33-23(19-7-5-4-6-8-19)16-22(28-33)20-9-10-21(27)18(2)15-20/h4-10,15-16H,3,11-14,17H2,1-2H3. The maximum Gasteiger partial charge on any atom is 0.318 e. The van der Waals surface area contributed by atoms with Crippen LogP contribution in [0.4, 0.5) is 10.4 Å². The molecule has 35 heavy (non-hydrogen) atoms. The molecule has 1 fully saturated rings. The highest BCUT2D eigenvalue weighted by Crippen LogP contribution is 2.35. The average Bonchev–Trinajstić information content (AvgIpc) is 3.54. The van der Waals surface area contributed by atoms with Crippen LogP contribution in [0.25, 0.3) is 5.70 Å². The van der Waals surface area contributed by atoms with Crippen LogP contribution in [0.1, 0.15) is 29.5 Å². The molecule has 2 aliphatic heterocycles. The first-order chi connectivity index (χ1) is 17.0. The van der Waals surface area contributed by atoms with Gasteiger partial charge in [-0.15, -0.1) is 5.10 Å². The first kappa shape index (κ1) is 23.7. The molecule has 2 aromatic carbocycles. The molecule has 0 atom stereocenters. The fourth-order valence-electron chi connectivity index (χ4n) is 4.12. The van der Waals surface area contributed by atoms with Gasteiger partial charge in [-0.2, -0.15) is 0 Å². The molecule has 0 spiro atoms. The van der Waals surface area contributed by atoms with Gasteiger partial charge in [0.05, 0.1) is 5.70 Å². The maximum atomic E-state index is 13.8. The van der Waals surface area contributed by atoms with Crippen molar-refractivity contribution in [1.82, 2.24) is 18.2 Å². The second-order valence-corrected chi connectivity index (χ2v) is 11.3. The van der Waals surface area contributed by atoms with Gasteiger partial charge >= 0.3 is 6.01 Å². The molecule has 0 unspecified atom stereocenters. The van der Waals surface area contributed by atoms with Crippen molar-refractivity contribution in [3.05, 3.63) is 83.0 Å². The van der Waals surface area contributed by atoms with Crippen LogP contribution in [-0.2, 0) is 11.2 Å². The largest absolute Gasteiger partial charge is 0.408 e. The van der Waals surface area contributed by atoms with E-state index in [0.29, 0.717) is 56.6 Å². The van der Waals surface area contributed by atoms with E-state index in [-0.39, 0.29) is 11.7 Å². The van der Waals surface area contributed by atoms with E-state index in [1.807, 2.05) is 47.1 Å². The van der Waals surface area contributed by atoms with E-state index in [4.69, 9.17) is 4.42 Å². The van der Waals surface area contributed by atoms with Crippen molar-refractivity contribution in [1.29, 1.82) is 0 Å². The van der Waals surface area contributed by atoms with Gasteiger partial charge in [-0.05, 0) is 41.8 Å². The van der Waals surface area contributed by atoms with E-state index in [9.17, 15) is 9.18 Å². The van der Waals surface area contributed by atoms with Crippen molar-refractivity contribution in [2.24, 2.45) is 0 Å². The monoisotopic (exact) mass is 587 g/mol. The number of piperazine rings is 1. The summed E-state index contributed by atoms with van der Waals surface area (Å²) in [6, 6.07) is 15.9. The fourth-order valence-corrected chi connectivity index (χ4v) is 6.94. The minimum atomic E-state index is -0.614. The summed E-state index contributed by atoms with van der Waals surface area (Å²) in [5, 5.41) is 8.16. The molecule has 5 rings (SSSR count). The summed E-state index contributed by atoms with van der Waals surface area (Å²) < 4.78 is 22.9. The highest BCUT2D eigenvalue weighted by molar-refractivity contribution is 14.2. The van der Waals surface area contributed by atoms with Crippen molar-refractivity contribution in [2.45, 2.75) is 20.3 Å². The number of rotatable bonds is 6. The molecule has 7 nitrogen and oxygen atoms in total. The number of hydrogen-bond donors (Lipinski definition) is 0. The number of aryl methyl sites for hydroxylation is 2. The molecule has 1 saturated heterocycles. The number of anilines is 1. The molecule has 1 aromatic heterocycles. The number of halogens is 2. The fraction of sp³-hybridized carbons (Fsp3) is 0.308. The summed E-state index contributed by atoms with van der Waals surface area (Å²) in [6.07, 6.45) is 2.87. The molecule has 0 radical (unpaired) electrons. The van der Waals surface area contributed by atoms with Crippen LogP contribution in [0.5, 0.6) is 0 Å². The van der Waals surface area contributed by atoms with Gasteiger partial charge in [-0.25, -0.2) is 4.39 Å². The Morgan fingerprint density at radius 1 is 1.06 bits per heavy atom. The number of carbonyl (C=O) groups excluding carboxylic acids is 1. The third-order valence-electron chi connectivity index (χ3n) is 6.16. The van der Waals surface area contributed by atoms with Crippen molar-refractivity contribution >= 4 is 42.1 Å². The molecular weight excluding hydrogens is 560 g/mol. The molecule has 182 valence electrons. The van der Waals surface area contributed by atoms with Crippen LogP contribution in [0.2, 0.25) is 0 Å². The van der Waals surface area contributed by atoms with Gasteiger partial charge in [0, 0.05) is 57.1 Å². The Bertz CT molecular complexity index is 1280. The molecule has 0 bridgehead atoms. The first-order valence-corrected chi connectivity index (χ1v) is 13.7. The number of amides is 1. The van der Waals surface area contributed by atoms with Gasteiger partial charge in [0.2, 0.25) is 11.8 Å². The molecular formula is C26H27FIN5O2. The quantitative estimate of drug-likeness (QED) is 0.319.